The highest BCUT2D eigenvalue weighted by Gasteiger charge is 2.10. The molecule has 21 heavy (non-hydrogen) atoms. The van der Waals surface area contributed by atoms with Crippen LogP contribution in [0, 0.1) is 0 Å². The van der Waals surface area contributed by atoms with Crippen LogP contribution < -0.4 is 5.56 Å². The fourth-order valence-electron chi connectivity index (χ4n) is 2.41. The SMILES string of the molecule is CCc1cc2cc(C(=O)c3ccccc3)ccc2[nH]c1=O. The van der Waals surface area contributed by atoms with Gasteiger partial charge in [-0.25, -0.2) is 0 Å². The summed E-state index contributed by atoms with van der Waals surface area (Å²) in [5, 5.41) is 0.883. The first-order valence-electron chi connectivity index (χ1n) is 6.94. The number of carbonyl (C=O) groups is 1. The Bertz CT molecular complexity index is 863. The average Bonchev–Trinajstić information content (AvgIpc) is 2.54. The van der Waals surface area contributed by atoms with Gasteiger partial charge in [0.25, 0.3) is 5.56 Å². The molecule has 0 radical (unpaired) electrons. The molecule has 1 heterocycles. The average molecular weight is 277 g/mol. The molecule has 2 aromatic carbocycles. The maximum atomic E-state index is 12.4. The number of carbonyl (C=O) groups excluding carboxylic acids is 1. The Morgan fingerprint density at radius 1 is 1.00 bits per heavy atom. The van der Waals surface area contributed by atoms with Crippen LogP contribution in [0.2, 0.25) is 0 Å². The molecule has 0 bridgehead atoms. The Kier molecular flexibility index (Phi) is 3.40. The van der Waals surface area contributed by atoms with Gasteiger partial charge in [-0.15, -0.1) is 0 Å². The van der Waals surface area contributed by atoms with Gasteiger partial charge in [-0.2, -0.15) is 0 Å². The van der Waals surface area contributed by atoms with Crippen LogP contribution in [0.1, 0.15) is 28.4 Å². The highest BCUT2D eigenvalue weighted by Crippen LogP contribution is 2.17. The van der Waals surface area contributed by atoms with E-state index < -0.39 is 0 Å². The second kappa shape index (κ2) is 5.37. The number of H-pyrrole nitrogens is 1. The summed E-state index contributed by atoms with van der Waals surface area (Å²) < 4.78 is 0. The number of aryl methyl sites for hydroxylation is 1. The molecule has 0 saturated heterocycles. The Labute approximate surface area is 122 Å². The Morgan fingerprint density at radius 2 is 1.76 bits per heavy atom. The van der Waals surface area contributed by atoms with Crippen LogP contribution in [-0.2, 0) is 6.42 Å². The number of nitrogens with one attached hydrogen (secondary N) is 1. The van der Waals surface area contributed by atoms with Crippen molar-refractivity contribution >= 4 is 16.7 Å². The molecule has 0 saturated carbocycles. The number of rotatable bonds is 3. The van der Waals surface area contributed by atoms with E-state index >= 15 is 0 Å². The third-order valence-electron chi connectivity index (χ3n) is 3.60. The smallest absolute Gasteiger partial charge is 0.251 e. The van der Waals surface area contributed by atoms with Gasteiger partial charge < -0.3 is 4.98 Å². The Hall–Kier alpha value is -2.68. The van der Waals surface area contributed by atoms with Crippen LogP contribution in [0.4, 0.5) is 0 Å². The minimum atomic E-state index is -0.0628. The summed E-state index contributed by atoms with van der Waals surface area (Å²) in [4.78, 5) is 27.1. The largest absolute Gasteiger partial charge is 0.322 e. The zero-order valence-electron chi connectivity index (χ0n) is 11.7. The molecule has 0 amide bonds. The predicted octanol–water partition coefficient (Wildman–Crippen LogP) is 3.32. The summed E-state index contributed by atoms with van der Waals surface area (Å²) in [6.45, 7) is 1.94. The quantitative estimate of drug-likeness (QED) is 0.747. The van der Waals surface area contributed by atoms with Crippen LogP contribution >= 0.6 is 0 Å². The number of hydrogen-bond donors (Lipinski definition) is 1. The minimum Gasteiger partial charge on any atom is -0.322 e. The zero-order valence-corrected chi connectivity index (χ0v) is 11.7. The molecule has 3 nitrogen and oxygen atoms in total. The first kappa shape index (κ1) is 13.3. The van der Waals surface area contributed by atoms with E-state index in [0.717, 1.165) is 16.5 Å². The van der Waals surface area contributed by atoms with E-state index in [2.05, 4.69) is 4.98 Å². The van der Waals surface area contributed by atoms with E-state index in [1.807, 2.05) is 37.3 Å². The fraction of sp³-hybridized carbons (Fsp3) is 0.111. The van der Waals surface area contributed by atoms with Crippen molar-refractivity contribution in [1.29, 1.82) is 0 Å². The topological polar surface area (TPSA) is 49.9 Å². The van der Waals surface area contributed by atoms with Crippen molar-refractivity contribution in [3.05, 3.63) is 81.6 Å². The lowest BCUT2D eigenvalue weighted by molar-refractivity contribution is 0.103. The van der Waals surface area contributed by atoms with Crippen molar-refractivity contribution in [2.75, 3.05) is 0 Å². The van der Waals surface area contributed by atoms with Gasteiger partial charge in [0.15, 0.2) is 5.78 Å². The standard InChI is InChI=1S/C18H15NO2/c1-2-12-10-15-11-14(8-9-16(15)19-18(12)21)17(20)13-6-4-3-5-7-13/h3-11H,2H2,1H3,(H,19,21). The van der Waals surface area contributed by atoms with Gasteiger partial charge in [0, 0.05) is 22.2 Å². The van der Waals surface area contributed by atoms with E-state index in [0.29, 0.717) is 17.5 Å². The molecule has 0 spiro atoms. The zero-order chi connectivity index (χ0) is 14.8. The molecular formula is C18H15NO2. The number of fused-ring (bicyclic) bond motifs is 1. The van der Waals surface area contributed by atoms with Crippen LogP contribution in [0.5, 0.6) is 0 Å². The van der Waals surface area contributed by atoms with Gasteiger partial charge >= 0.3 is 0 Å². The molecule has 3 heteroatoms. The third kappa shape index (κ3) is 2.50. The molecule has 0 unspecified atom stereocenters. The Morgan fingerprint density at radius 3 is 2.48 bits per heavy atom. The van der Waals surface area contributed by atoms with Crippen LogP contribution in [0.15, 0.2) is 59.4 Å². The van der Waals surface area contributed by atoms with Crippen LogP contribution in [0.3, 0.4) is 0 Å². The van der Waals surface area contributed by atoms with E-state index in [4.69, 9.17) is 0 Å². The van der Waals surface area contributed by atoms with Crippen molar-refractivity contribution in [3.8, 4) is 0 Å². The number of aromatic amines is 1. The molecule has 1 N–H and O–H groups in total. The molecule has 0 fully saturated rings. The van der Waals surface area contributed by atoms with E-state index in [1.165, 1.54) is 0 Å². The number of pyridine rings is 1. The van der Waals surface area contributed by atoms with Crippen molar-refractivity contribution in [2.24, 2.45) is 0 Å². The molecular weight excluding hydrogens is 262 g/mol. The summed E-state index contributed by atoms with van der Waals surface area (Å²) in [7, 11) is 0. The lowest BCUT2D eigenvalue weighted by Gasteiger charge is -2.05. The first-order chi connectivity index (χ1) is 10.2. The Balaban J connectivity index is 2.11. The van der Waals surface area contributed by atoms with Crippen LogP contribution in [-0.4, -0.2) is 10.8 Å². The van der Waals surface area contributed by atoms with Gasteiger partial charge in [0.1, 0.15) is 0 Å². The van der Waals surface area contributed by atoms with Crippen molar-refractivity contribution in [2.45, 2.75) is 13.3 Å². The second-order valence-electron chi connectivity index (χ2n) is 4.97. The molecule has 0 aliphatic rings. The fourth-order valence-corrected chi connectivity index (χ4v) is 2.41. The number of ketones is 1. The number of benzene rings is 2. The molecule has 3 aromatic rings. The summed E-state index contributed by atoms with van der Waals surface area (Å²) in [6, 6.07) is 16.4. The minimum absolute atomic E-state index is 0.0123. The maximum absolute atomic E-state index is 12.4. The second-order valence-corrected chi connectivity index (χ2v) is 4.97. The van der Waals surface area contributed by atoms with Crippen molar-refractivity contribution in [3.63, 3.8) is 0 Å². The van der Waals surface area contributed by atoms with Crippen molar-refractivity contribution < 1.29 is 4.79 Å². The predicted molar refractivity (Wildman–Crippen MR) is 83.8 cm³/mol. The lowest BCUT2D eigenvalue weighted by atomic mass is 10.0. The van der Waals surface area contributed by atoms with Gasteiger partial charge in [-0.3, -0.25) is 9.59 Å². The number of aromatic nitrogens is 1. The molecule has 1 aromatic heterocycles. The van der Waals surface area contributed by atoms with Gasteiger partial charge in [-0.05, 0) is 36.1 Å². The monoisotopic (exact) mass is 277 g/mol. The molecule has 0 atom stereocenters. The first-order valence-corrected chi connectivity index (χ1v) is 6.94. The maximum Gasteiger partial charge on any atom is 0.251 e. The van der Waals surface area contributed by atoms with E-state index in [9.17, 15) is 9.59 Å². The lowest BCUT2D eigenvalue weighted by Crippen LogP contribution is -2.11. The highest BCUT2D eigenvalue weighted by molar-refractivity contribution is 6.10. The van der Waals surface area contributed by atoms with Crippen LogP contribution in [0.25, 0.3) is 10.9 Å². The van der Waals surface area contributed by atoms with Gasteiger partial charge in [0.2, 0.25) is 0 Å². The summed E-state index contributed by atoms with van der Waals surface area (Å²) >= 11 is 0. The summed E-state index contributed by atoms with van der Waals surface area (Å²) in [5.41, 5.74) is 2.71. The van der Waals surface area contributed by atoms with E-state index in [-0.39, 0.29) is 11.3 Å². The molecule has 3 rings (SSSR count). The normalized spacial score (nSPS) is 10.7. The molecule has 0 aliphatic carbocycles. The summed E-state index contributed by atoms with van der Waals surface area (Å²) in [5.74, 6) is -0.0123. The third-order valence-corrected chi connectivity index (χ3v) is 3.60. The van der Waals surface area contributed by atoms with Gasteiger partial charge in [0.05, 0.1) is 0 Å². The van der Waals surface area contributed by atoms with Crippen molar-refractivity contribution in [1.82, 2.24) is 4.98 Å². The molecule has 0 aliphatic heterocycles. The number of hydrogen-bond acceptors (Lipinski definition) is 2. The van der Waals surface area contributed by atoms with Gasteiger partial charge in [-0.1, -0.05) is 37.3 Å². The molecule has 104 valence electrons. The summed E-state index contributed by atoms with van der Waals surface area (Å²) in [6.07, 6.45) is 0.669. The van der Waals surface area contributed by atoms with E-state index in [1.54, 1.807) is 24.3 Å². The highest BCUT2D eigenvalue weighted by atomic mass is 16.1.